The average molecular weight is 264 g/mol. The first-order chi connectivity index (χ1) is 8.84. The van der Waals surface area contributed by atoms with E-state index >= 15 is 0 Å². The second-order valence-electron chi connectivity index (χ2n) is 5.82. The molecule has 0 atom stereocenters. The summed E-state index contributed by atoms with van der Waals surface area (Å²) in [6.45, 7) is 3.69. The zero-order valence-electron chi connectivity index (χ0n) is 11.0. The number of likely N-dealkylation sites (tertiary alicyclic amines) is 1. The Kier molecular flexibility index (Phi) is 3.63. The van der Waals surface area contributed by atoms with E-state index in [1.165, 1.54) is 45.3 Å². The van der Waals surface area contributed by atoms with Crippen LogP contribution in [0.3, 0.4) is 0 Å². The van der Waals surface area contributed by atoms with Crippen LogP contribution in [-0.4, -0.2) is 30.4 Å². The van der Waals surface area contributed by atoms with Crippen LogP contribution < -0.4 is 0 Å². The molecule has 2 heteroatoms. The largest absolute Gasteiger partial charge is 0.303 e. The van der Waals surface area contributed by atoms with Crippen molar-refractivity contribution in [2.24, 2.45) is 0 Å². The second kappa shape index (κ2) is 5.22. The fraction of sp³-hybridized carbons (Fsp3) is 0.625. The van der Waals surface area contributed by atoms with Gasteiger partial charge in [-0.2, -0.15) is 0 Å². The number of alkyl halides is 1. The molecule has 3 rings (SSSR count). The van der Waals surface area contributed by atoms with Crippen LogP contribution in [0, 0.1) is 0 Å². The maximum absolute atomic E-state index is 5.78. The van der Waals surface area contributed by atoms with Gasteiger partial charge in [-0.15, -0.1) is 11.6 Å². The van der Waals surface area contributed by atoms with Crippen molar-refractivity contribution < 1.29 is 0 Å². The van der Waals surface area contributed by atoms with Gasteiger partial charge in [-0.1, -0.05) is 24.3 Å². The second-order valence-corrected chi connectivity index (χ2v) is 6.20. The van der Waals surface area contributed by atoms with Gasteiger partial charge in [-0.25, -0.2) is 0 Å². The van der Waals surface area contributed by atoms with Crippen LogP contribution in [0.25, 0.3) is 0 Å². The molecule has 2 aliphatic rings. The van der Waals surface area contributed by atoms with Crippen molar-refractivity contribution in [3.8, 4) is 0 Å². The molecule has 0 unspecified atom stereocenters. The molecule has 0 radical (unpaired) electrons. The van der Waals surface area contributed by atoms with E-state index in [-0.39, 0.29) is 0 Å². The Morgan fingerprint density at radius 3 is 2.67 bits per heavy atom. The standard InChI is InChI=1S/C16H22ClN/c17-10-3-11-18-12-8-16(9-13-18)7-6-14-4-1-2-5-15(14)16/h1-2,4-5H,3,6-13H2. The molecule has 1 aliphatic carbocycles. The molecule has 1 fully saturated rings. The van der Waals surface area contributed by atoms with E-state index in [0.717, 1.165) is 12.3 Å². The summed E-state index contributed by atoms with van der Waals surface area (Å²) in [4.78, 5) is 2.59. The van der Waals surface area contributed by atoms with Gasteiger partial charge >= 0.3 is 0 Å². The van der Waals surface area contributed by atoms with Gasteiger partial charge in [0.25, 0.3) is 0 Å². The number of fused-ring (bicyclic) bond motifs is 2. The third kappa shape index (κ3) is 2.19. The molecular weight excluding hydrogens is 242 g/mol. The molecule has 1 nitrogen and oxygen atoms in total. The lowest BCUT2D eigenvalue weighted by Gasteiger charge is -2.40. The van der Waals surface area contributed by atoms with E-state index in [9.17, 15) is 0 Å². The Morgan fingerprint density at radius 2 is 1.89 bits per heavy atom. The van der Waals surface area contributed by atoms with Crippen LogP contribution in [0.4, 0.5) is 0 Å². The SMILES string of the molecule is ClCCCN1CCC2(CCc3ccccc32)CC1. The minimum Gasteiger partial charge on any atom is -0.303 e. The van der Waals surface area contributed by atoms with Crippen molar-refractivity contribution in [3.63, 3.8) is 0 Å². The first kappa shape index (κ1) is 12.5. The van der Waals surface area contributed by atoms with Crippen LogP contribution >= 0.6 is 11.6 Å². The lowest BCUT2D eigenvalue weighted by atomic mass is 9.74. The molecule has 1 saturated heterocycles. The highest BCUT2D eigenvalue weighted by Crippen LogP contribution is 2.45. The molecule has 18 heavy (non-hydrogen) atoms. The van der Waals surface area contributed by atoms with Gasteiger partial charge < -0.3 is 4.90 Å². The summed E-state index contributed by atoms with van der Waals surface area (Å²) in [6, 6.07) is 9.10. The van der Waals surface area contributed by atoms with Crippen molar-refractivity contribution in [1.29, 1.82) is 0 Å². The van der Waals surface area contributed by atoms with E-state index in [1.807, 2.05) is 0 Å². The highest BCUT2D eigenvalue weighted by atomic mass is 35.5. The first-order valence-electron chi connectivity index (χ1n) is 7.21. The highest BCUT2D eigenvalue weighted by molar-refractivity contribution is 6.17. The lowest BCUT2D eigenvalue weighted by molar-refractivity contribution is 0.159. The Labute approximate surface area is 115 Å². The lowest BCUT2D eigenvalue weighted by Crippen LogP contribution is -2.41. The minimum atomic E-state index is 0.508. The summed E-state index contributed by atoms with van der Waals surface area (Å²) in [6.07, 6.45) is 6.47. The predicted octanol–water partition coefficient (Wildman–Crippen LogP) is 3.60. The normalized spacial score (nSPS) is 22.3. The minimum absolute atomic E-state index is 0.508. The van der Waals surface area contributed by atoms with Crippen molar-refractivity contribution in [2.45, 2.75) is 37.5 Å². The van der Waals surface area contributed by atoms with Gasteiger partial charge in [-0.05, 0) is 68.3 Å². The molecule has 0 N–H and O–H groups in total. The van der Waals surface area contributed by atoms with E-state index in [1.54, 1.807) is 11.1 Å². The van der Waals surface area contributed by atoms with E-state index in [4.69, 9.17) is 11.6 Å². The van der Waals surface area contributed by atoms with Crippen LogP contribution in [0.1, 0.15) is 36.8 Å². The maximum Gasteiger partial charge on any atom is 0.0235 e. The van der Waals surface area contributed by atoms with Gasteiger partial charge in [0.05, 0.1) is 0 Å². The Bertz CT molecular complexity index is 407. The Balaban J connectivity index is 1.69. The number of nitrogens with zero attached hydrogens (tertiary/aromatic N) is 1. The topological polar surface area (TPSA) is 3.24 Å². The number of benzene rings is 1. The maximum atomic E-state index is 5.78. The van der Waals surface area contributed by atoms with Crippen molar-refractivity contribution in [3.05, 3.63) is 35.4 Å². The quantitative estimate of drug-likeness (QED) is 0.754. The fourth-order valence-corrected chi connectivity index (χ4v) is 3.89. The third-order valence-electron chi connectivity index (χ3n) is 4.88. The number of piperidine rings is 1. The van der Waals surface area contributed by atoms with Crippen LogP contribution in [0.2, 0.25) is 0 Å². The molecule has 1 spiro atoms. The molecule has 1 aromatic rings. The van der Waals surface area contributed by atoms with Gasteiger partial charge in [0.15, 0.2) is 0 Å². The monoisotopic (exact) mass is 263 g/mol. The fourth-order valence-electron chi connectivity index (χ4n) is 3.77. The Morgan fingerprint density at radius 1 is 1.11 bits per heavy atom. The molecule has 1 heterocycles. The molecule has 0 saturated carbocycles. The number of halogens is 1. The molecular formula is C16H22ClN. The van der Waals surface area contributed by atoms with E-state index in [0.29, 0.717) is 5.41 Å². The summed E-state index contributed by atoms with van der Waals surface area (Å²) in [7, 11) is 0. The average Bonchev–Trinajstić information content (AvgIpc) is 2.78. The first-order valence-corrected chi connectivity index (χ1v) is 7.74. The molecule has 0 aromatic heterocycles. The van der Waals surface area contributed by atoms with E-state index in [2.05, 4.69) is 29.2 Å². The van der Waals surface area contributed by atoms with E-state index < -0.39 is 0 Å². The van der Waals surface area contributed by atoms with Gasteiger partial charge in [0.2, 0.25) is 0 Å². The van der Waals surface area contributed by atoms with Crippen molar-refractivity contribution >= 4 is 11.6 Å². The van der Waals surface area contributed by atoms with Gasteiger partial charge in [0.1, 0.15) is 0 Å². The summed E-state index contributed by atoms with van der Waals surface area (Å²) in [5.41, 5.74) is 3.77. The van der Waals surface area contributed by atoms with Crippen molar-refractivity contribution in [2.75, 3.05) is 25.5 Å². The summed E-state index contributed by atoms with van der Waals surface area (Å²) in [5.74, 6) is 0.796. The molecule has 98 valence electrons. The van der Waals surface area contributed by atoms with Crippen LogP contribution in [0.15, 0.2) is 24.3 Å². The summed E-state index contributed by atoms with van der Waals surface area (Å²) in [5, 5.41) is 0. The van der Waals surface area contributed by atoms with Gasteiger partial charge in [-0.3, -0.25) is 0 Å². The zero-order chi connectivity index (χ0) is 12.4. The third-order valence-corrected chi connectivity index (χ3v) is 5.15. The van der Waals surface area contributed by atoms with Gasteiger partial charge in [0, 0.05) is 5.88 Å². The molecule has 1 aromatic carbocycles. The predicted molar refractivity (Wildman–Crippen MR) is 77.5 cm³/mol. The smallest absolute Gasteiger partial charge is 0.0235 e. The highest BCUT2D eigenvalue weighted by Gasteiger charge is 2.40. The number of hydrogen-bond donors (Lipinski definition) is 0. The van der Waals surface area contributed by atoms with Crippen LogP contribution in [0.5, 0.6) is 0 Å². The summed E-state index contributed by atoms with van der Waals surface area (Å²) >= 11 is 5.78. The number of aryl methyl sites for hydroxylation is 1. The van der Waals surface area contributed by atoms with Crippen molar-refractivity contribution in [1.82, 2.24) is 4.90 Å². The van der Waals surface area contributed by atoms with Crippen LogP contribution in [-0.2, 0) is 11.8 Å². The zero-order valence-corrected chi connectivity index (χ0v) is 11.8. The Hall–Kier alpha value is -0.530. The molecule has 0 amide bonds. The summed E-state index contributed by atoms with van der Waals surface area (Å²) < 4.78 is 0. The number of rotatable bonds is 3. The molecule has 1 aliphatic heterocycles. The molecule has 0 bridgehead atoms. The number of hydrogen-bond acceptors (Lipinski definition) is 1.